The van der Waals surface area contributed by atoms with Gasteiger partial charge in [0, 0.05) is 40.6 Å². The molecule has 0 unspecified atom stereocenters. The molecule has 0 N–H and O–H groups in total. The summed E-state index contributed by atoms with van der Waals surface area (Å²) in [5, 5.41) is 5.34. The highest BCUT2D eigenvalue weighted by atomic mass is 79.9. The van der Waals surface area contributed by atoms with Crippen molar-refractivity contribution in [2.75, 3.05) is 0 Å². The van der Waals surface area contributed by atoms with Crippen LogP contribution in [0.3, 0.4) is 0 Å². The Morgan fingerprint density at radius 3 is 1.33 bits per heavy atom. The van der Waals surface area contributed by atoms with Gasteiger partial charge in [-0.1, -0.05) is 82.7 Å². The summed E-state index contributed by atoms with van der Waals surface area (Å²) < 4.78 is 5.15. The zero-order valence-corrected chi connectivity index (χ0v) is 22.0. The molecule has 0 bridgehead atoms. The largest absolute Gasteiger partial charge is 0.306 e. The second-order valence-corrected chi connectivity index (χ2v) is 13.4. The molecule has 2 aromatic heterocycles. The molecular weight excluding hydrogens is 524 g/mol. The van der Waals surface area contributed by atoms with E-state index in [9.17, 15) is 0 Å². The summed E-state index contributed by atoms with van der Waals surface area (Å²) in [5.41, 5.74) is 2.19. The lowest BCUT2D eigenvalue weighted by molar-refractivity contribution is 1.06. The number of rotatable bonds is 6. The van der Waals surface area contributed by atoms with Crippen molar-refractivity contribution in [3.05, 3.63) is 145 Å². The van der Waals surface area contributed by atoms with Crippen LogP contribution in [-0.4, -0.2) is 27.2 Å². The summed E-state index contributed by atoms with van der Waals surface area (Å²) in [7, 11) is -2.61. The molecule has 0 spiro atoms. The summed E-state index contributed by atoms with van der Waals surface area (Å²) in [4.78, 5) is 8.42. The molecule has 4 aromatic carbocycles. The molecule has 4 nitrogen and oxygen atoms in total. The molecule has 0 fully saturated rings. The van der Waals surface area contributed by atoms with Crippen LogP contribution < -0.4 is 20.7 Å². The van der Waals surface area contributed by atoms with Crippen LogP contribution in [0.1, 0.15) is 0 Å². The molecule has 0 atom stereocenters. The lowest BCUT2D eigenvalue weighted by Crippen LogP contribution is -2.74. The Labute approximate surface area is 219 Å². The van der Waals surface area contributed by atoms with E-state index in [0.29, 0.717) is 0 Å². The molecule has 174 valence electrons. The number of halogens is 1. The quantitative estimate of drug-likeness (QED) is 0.232. The molecule has 0 aliphatic rings. The van der Waals surface area contributed by atoms with E-state index in [1.807, 2.05) is 34.2 Å². The van der Waals surface area contributed by atoms with Crippen LogP contribution in [0.2, 0.25) is 0 Å². The van der Waals surface area contributed by atoms with Crippen molar-refractivity contribution in [3.8, 4) is 11.4 Å². The third-order valence-corrected chi connectivity index (χ3v) is 12.0. The van der Waals surface area contributed by atoms with Crippen molar-refractivity contribution < 1.29 is 0 Å². The molecule has 0 aliphatic carbocycles. The van der Waals surface area contributed by atoms with Gasteiger partial charge < -0.3 is 9.13 Å². The third-order valence-electron chi connectivity index (χ3n) is 6.69. The monoisotopic (exact) mass is 546 g/mol. The summed E-state index contributed by atoms with van der Waals surface area (Å²) >= 11 is 3.64. The van der Waals surface area contributed by atoms with Gasteiger partial charge in [0.2, 0.25) is 0 Å². The first-order valence-corrected chi connectivity index (χ1v) is 14.5. The first-order chi connectivity index (χ1) is 17.7. The van der Waals surface area contributed by atoms with E-state index in [1.54, 1.807) is 12.4 Å². The van der Waals surface area contributed by atoms with Gasteiger partial charge in [-0.3, -0.25) is 0 Å². The van der Waals surface area contributed by atoms with Gasteiger partial charge in [-0.2, -0.15) is 0 Å². The highest BCUT2D eigenvalue weighted by molar-refractivity contribution is 9.10. The molecular formula is C30H23BrN4Si. The molecule has 6 rings (SSSR count). The second kappa shape index (κ2) is 9.57. The summed E-state index contributed by atoms with van der Waals surface area (Å²) in [6, 6.07) is 37.7. The maximum absolute atomic E-state index is 4.21. The minimum absolute atomic E-state index is 1.08. The van der Waals surface area contributed by atoms with Gasteiger partial charge in [-0.05, 0) is 57.1 Å². The van der Waals surface area contributed by atoms with Crippen molar-refractivity contribution >= 4 is 44.8 Å². The zero-order valence-electron chi connectivity index (χ0n) is 19.4. The fourth-order valence-electron chi connectivity index (χ4n) is 4.98. The number of hydrogen-bond donors (Lipinski definition) is 0. The average Bonchev–Trinajstić information content (AvgIpc) is 3.67. The van der Waals surface area contributed by atoms with Crippen molar-refractivity contribution in [3.63, 3.8) is 0 Å². The van der Waals surface area contributed by atoms with E-state index in [1.165, 1.54) is 20.7 Å². The first kappa shape index (κ1) is 22.5. The Balaban J connectivity index is 1.60. The summed E-state index contributed by atoms with van der Waals surface area (Å²) in [5.74, 6) is 0. The second-order valence-electron chi connectivity index (χ2n) is 8.66. The van der Waals surface area contributed by atoms with Gasteiger partial charge in [0.15, 0.2) is 8.07 Å². The van der Waals surface area contributed by atoms with Crippen LogP contribution in [0.15, 0.2) is 145 Å². The van der Waals surface area contributed by atoms with Crippen LogP contribution >= 0.6 is 15.9 Å². The van der Waals surface area contributed by atoms with E-state index in [0.717, 1.165) is 15.8 Å². The molecule has 6 heteroatoms. The Kier molecular flexibility index (Phi) is 5.97. The van der Waals surface area contributed by atoms with E-state index in [2.05, 4.69) is 129 Å². The van der Waals surface area contributed by atoms with E-state index in [4.69, 9.17) is 0 Å². The SMILES string of the molecule is Brc1ccc([Si](c2ccccc2)(c2ccc(-n3ccnc3)cc2)c2ccc(-n3ccnc3)cc2)cc1. The molecule has 36 heavy (non-hydrogen) atoms. The highest BCUT2D eigenvalue weighted by Gasteiger charge is 2.41. The third kappa shape index (κ3) is 3.94. The Morgan fingerprint density at radius 1 is 0.500 bits per heavy atom. The van der Waals surface area contributed by atoms with Gasteiger partial charge in [-0.15, -0.1) is 0 Å². The maximum atomic E-state index is 4.21. The van der Waals surface area contributed by atoms with Crippen LogP contribution in [0.25, 0.3) is 11.4 Å². The lowest BCUT2D eigenvalue weighted by atomic mass is 10.3. The summed E-state index contributed by atoms with van der Waals surface area (Å²) in [6.45, 7) is 0. The van der Waals surface area contributed by atoms with Crippen molar-refractivity contribution in [1.29, 1.82) is 0 Å². The van der Waals surface area contributed by atoms with Crippen LogP contribution in [-0.2, 0) is 0 Å². The van der Waals surface area contributed by atoms with Crippen molar-refractivity contribution in [2.24, 2.45) is 0 Å². The Morgan fingerprint density at radius 2 is 0.917 bits per heavy atom. The van der Waals surface area contributed by atoms with E-state index >= 15 is 0 Å². The van der Waals surface area contributed by atoms with Gasteiger partial charge in [-0.25, -0.2) is 9.97 Å². The predicted octanol–water partition coefficient (Wildman–Crippen LogP) is 4.20. The Bertz CT molecular complexity index is 1470. The zero-order chi connectivity index (χ0) is 24.4. The van der Waals surface area contributed by atoms with E-state index in [-0.39, 0.29) is 0 Å². The standard InChI is InChI=1S/C30H23BrN4Si/c31-24-6-12-28(13-7-24)36(27-4-2-1-3-5-27,29-14-8-25(9-15-29)34-20-18-32-22-34)30-16-10-26(11-17-30)35-21-19-33-23-35/h1-23H. The van der Waals surface area contributed by atoms with Gasteiger partial charge in [0.05, 0.1) is 12.7 Å². The number of nitrogens with zero attached hydrogens (tertiary/aromatic N) is 4. The smallest absolute Gasteiger partial charge is 0.179 e. The normalized spacial score (nSPS) is 11.5. The molecule has 0 radical (unpaired) electrons. The number of imidazole rings is 2. The maximum Gasteiger partial charge on any atom is 0.179 e. The minimum Gasteiger partial charge on any atom is -0.306 e. The van der Waals surface area contributed by atoms with Gasteiger partial charge in [0.1, 0.15) is 0 Å². The molecule has 0 saturated carbocycles. The molecule has 0 aliphatic heterocycles. The topological polar surface area (TPSA) is 35.6 Å². The van der Waals surface area contributed by atoms with Crippen LogP contribution in [0.4, 0.5) is 0 Å². The molecule has 0 saturated heterocycles. The Hall–Kier alpha value is -4.00. The minimum atomic E-state index is -2.61. The van der Waals surface area contributed by atoms with Crippen molar-refractivity contribution in [2.45, 2.75) is 0 Å². The fraction of sp³-hybridized carbons (Fsp3) is 0. The van der Waals surface area contributed by atoms with Crippen LogP contribution in [0.5, 0.6) is 0 Å². The predicted molar refractivity (Wildman–Crippen MR) is 152 cm³/mol. The fourth-order valence-corrected chi connectivity index (χ4v) is 9.94. The molecule has 6 aromatic rings. The van der Waals surface area contributed by atoms with Gasteiger partial charge >= 0.3 is 0 Å². The number of hydrogen-bond acceptors (Lipinski definition) is 2. The number of benzene rings is 4. The molecule has 0 amide bonds. The first-order valence-electron chi connectivity index (χ1n) is 11.7. The highest BCUT2D eigenvalue weighted by Crippen LogP contribution is 2.15. The average molecular weight is 548 g/mol. The number of aromatic nitrogens is 4. The van der Waals surface area contributed by atoms with E-state index < -0.39 is 8.07 Å². The lowest BCUT2D eigenvalue weighted by Gasteiger charge is -2.34. The molecule has 2 heterocycles. The summed E-state index contributed by atoms with van der Waals surface area (Å²) in [6.07, 6.45) is 11.2. The van der Waals surface area contributed by atoms with Crippen molar-refractivity contribution in [1.82, 2.24) is 19.1 Å². The van der Waals surface area contributed by atoms with Crippen LogP contribution in [0, 0.1) is 0 Å². The van der Waals surface area contributed by atoms with Gasteiger partial charge in [0.25, 0.3) is 0 Å².